The summed E-state index contributed by atoms with van der Waals surface area (Å²) in [6.45, 7) is 5.13. The molecule has 0 saturated heterocycles. The predicted octanol–water partition coefficient (Wildman–Crippen LogP) is 6.90. The third-order valence-corrected chi connectivity index (χ3v) is 7.60. The van der Waals surface area contributed by atoms with Crippen LogP contribution in [0.3, 0.4) is 0 Å². The highest BCUT2D eigenvalue weighted by molar-refractivity contribution is 6.30. The number of aliphatic hydroxyl groups is 1. The monoisotopic (exact) mass is 498 g/mol. The molecule has 1 aliphatic rings. The molecule has 5 heteroatoms. The van der Waals surface area contributed by atoms with Gasteiger partial charge in [0.1, 0.15) is 0 Å². The van der Waals surface area contributed by atoms with Gasteiger partial charge in [-0.15, -0.1) is 0 Å². The largest absolute Gasteiger partial charge is 0.396 e. The van der Waals surface area contributed by atoms with Gasteiger partial charge in [0.25, 0.3) is 5.91 Å². The molecule has 1 fully saturated rings. The number of hydrogen-bond acceptors (Lipinski definition) is 3. The van der Waals surface area contributed by atoms with E-state index >= 15 is 0 Å². The second-order valence-electron chi connectivity index (χ2n) is 10.1. The van der Waals surface area contributed by atoms with E-state index in [1.807, 2.05) is 24.3 Å². The highest BCUT2D eigenvalue weighted by Crippen LogP contribution is 2.35. The lowest BCUT2D eigenvalue weighted by Crippen LogP contribution is -2.42. The highest BCUT2D eigenvalue weighted by atomic mass is 35.5. The summed E-state index contributed by atoms with van der Waals surface area (Å²) >= 11 is 6.06. The van der Waals surface area contributed by atoms with Crippen LogP contribution in [0.25, 0.3) is 0 Å². The Morgan fingerprint density at radius 3 is 2.23 bits per heavy atom. The average Bonchev–Trinajstić information content (AvgIpc) is 2.88. The van der Waals surface area contributed by atoms with Crippen molar-refractivity contribution in [3.8, 4) is 0 Å². The van der Waals surface area contributed by atoms with Crippen LogP contribution in [-0.4, -0.2) is 53.6 Å². The number of benzene rings is 2. The summed E-state index contributed by atoms with van der Waals surface area (Å²) in [4.78, 5) is 17.8. The van der Waals surface area contributed by atoms with Gasteiger partial charge in [-0.1, -0.05) is 62.1 Å². The number of hydrogen-bond donors (Lipinski definition) is 1. The van der Waals surface area contributed by atoms with Crippen LogP contribution in [0, 0.1) is 0 Å². The van der Waals surface area contributed by atoms with E-state index in [-0.39, 0.29) is 12.5 Å². The number of carbonyl (C=O) groups excluding carboxylic acids is 1. The number of halogens is 1. The first kappa shape index (κ1) is 27.7. The second kappa shape index (κ2) is 14.6. The molecule has 0 aromatic heterocycles. The Kier molecular flexibility index (Phi) is 11.6. The standard InChI is InChI=1S/C30H43ClN2O2/c1-3-4-5-6-21-33(30(35)27-12-16-28(31)17-13-27)29-18-14-26(15-19-29)25-10-8-24(9-11-25)23-32(2)20-7-22-34/h8-13,16-17,26,29,34H,3-7,14-15,18-23H2,1-2H3/t26-,29-. The lowest BCUT2D eigenvalue weighted by molar-refractivity contribution is 0.0621. The molecule has 1 saturated carbocycles. The molecule has 0 radical (unpaired) electrons. The van der Waals surface area contributed by atoms with Crippen molar-refractivity contribution >= 4 is 17.5 Å². The van der Waals surface area contributed by atoms with Gasteiger partial charge in [0.2, 0.25) is 0 Å². The van der Waals surface area contributed by atoms with Crippen molar-refractivity contribution in [1.82, 2.24) is 9.80 Å². The van der Waals surface area contributed by atoms with E-state index in [4.69, 9.17) is 16.7 Å². The summed E-state index contributed by atoms with van der Waals surface area (Å²) in [5.41, 5.74) is 3.48. The molecule has 0 aliphatic heterocycles. The molecule has 1 amide bonds. The zero-order valence-electron chi connectivity index (χ0n) is 21.6. The third-order valence-electron chi connectivity index (χ3n) is 7.34. The number of amides is 1. The Morgan fingerprint density at radius 2 is 1.60 bits per heavy atom. The van der Waals surface area contributed by atoms with Crippen LogP contribution < -0.4 is 0 Å². The molecular weight excluding hydrogens is 456 g/mol. The molecule has 0 spiro atoms. The molecule has 0 unspecified atom stereocenters. The Balaban J connectivity index is 1.58. The van der Waals surface area contributed by atoms with Crippen molar-refractivity contribution in [3.63, 3.8) is 0 Å². The Bertz CT molecular complexity index is 876. The van der Waals surface area contributed by atoms with Gasteiger partial charge in [-0.3, -0.25) is 4.79 Å². The molecule has 2 aromatic carbocycles. The van der Waals surface area contributed by atoms with Gasteiger partial charge in [0, 0.05) is 42.9 Å². The van der Waals surface area contributed by atoms with Crippen LogP contribution in [-0.2, 0) is 6.54 Å². The Morgan fingerprint density at radius 1 is 0.914 bits per heavy atom. The molecule has 0 heterocycles. The Labute approximate surface area is 217 Å². The summed E-state index contributed by atoms with van der Waals surface area (Å²) in [5.74, 6) is 0.719. The highest BCUT2D eigenvalue weighted by Gasteiger charge is 2.29. The smallest absolute Gasteiger partial charge is 0.254 e. The summed E-state index contributed by atoms with van der Waals surface area (Å²) in [5, 5.41) is 9.69. The van der Waals surface area contributed by atoms with Gasteiger partial charge >= 0.3 is 0 Å². The van der Waals surface area contributed by atoms with Gasteiger partial charge < -0.3 is 14.9 Å². The first-order valence-corrected chi connectivity index (χ1v) is 13.8. The molecule has 35 heavy (non-hydrogen) atoms. The summed E-state index contributed by atoms with van der Waals surface area (Å²) in [6, 6.07) is 16.8. The van der Waals surface area contributed by atoms with Crippen LogP contribution in [0.15, 0.2) is 48.5 Å². The molecule has 1 aliphatic carbocycles. The number of carbonyl (C=O) groups is 1. The van der Waals surface area contributed by atoms with E-state index in [2.05, 4.69) is 48.0 Å². The first-order chi connectivity index (χ1) is 17.0. The lowest BCUT2D eigenvalue weighted by atomic mass is 9.81. The van der Waals surface area contributed by atoms with Crippen LogP contribution in [0.5, 0.6) is 0 Å². The maximum Gasteiger partial charge on any atom is 0.254 e. The minimum Gasteiger partial charge on any atom is -0.396 e. The van der Waals surface area contributed by atoms with Crippen molar-refractivity contribution in [3.05, 3.63) is 70.2 Å². The fourth-order valence-electron chi connectivity index (χ4n) is 5.26. The maximum absolute atomic E-state index is 13.4. The zero-order chi connectivity index (χ0) is 25.0. The van der Waals surface area contributed by atoms with E-state index in [9.17, 15) is 4.79 Å². The molecule has 1 N–H and O–H groups in total. The quantitative estimate of drug-likeness (QED) is 0.305. The van der Waals surface area contributed by atoms with Crippen LogP contribution >= 0.6 is 11.6 Å². The normalized spacial score (nSPS) is 18.1. The van der Waals surface area contributed by atoms with Crippen molar-refractivity contribution < 1.29 is 9.90 Å². The van der Waals surface area contributed by atoms with Gasteiger partial charge in [-0.2, -0.15) is 0 Å². The predicted molar refractivity (Wildman–Crippen MR) is 146 cm³/mol. The molecule has 4 nitrogen and oxygen atoms in total. The second-order valence-corrected chi connectivity index (χ2v) is 10.6. The minimum atomic E-state index is 0.149. The van der Waals surface area contributed by atoms with Crippen LogP contribution in [0.4, 0.5) is 0 Å². The van der Waals surface area contributed by atoms with E-state index in [0.29, 0.717) is 17.0 Å². The van der Waals surface area contributed by atoms with Gasteiger partial charge in [0.05, 0.1) is 0 Å². The average molecular weight is 499 g/mol. The summed E-state index contributed by atoms with van der Waals surface area (Å²) < 4.78 is 0. The van der Waals surface area contributed by atoms with Crippen molar-refractivity contribution in [2.45, 2.75) is 83.2 Å². The molecular formula is C30H43ClN2O2. The Hall–Kier alpha value is -1.88. The van der Waals surface area contributed by atoms with Gasteiger partial charge in [-0.05, 0) is 86.9 Å². The fourth-order valence-corrected chi connectivity index (χ4v) is 5.39. The molecule has 0 bridgehead atoms. The zero-order valence-corrected chi connectivity index (χ0v) is 22.3. The van der Waals surface area contributed by atoms with Crippen LogP contribution in [0.2, 0.25) is 5.02 Å². The fraction of sp³-hybridized carbons (Fsp3) is 0.567. The van der Waals surface area contributed by atoms with Gasteiger partial charge in [-0.25, -0.2) is 0 Å². The SMILES string of the molecule is CCCCCCN(C(=O)c1ccc(Cl)cc1)[C@H]1CC[C@H](c2ccc(CN(C)CCCO)cc2)CC1. The van der Waals surface area contributed by atoms with E-state index < -0.39 is 0 Å². The first-order valence-electron chi connectivity index (χ1n) is 13.5. The number of nitrogens with zero attached hydrogens (tertiary/aromatic N) is 2. The van der Waals surface area contributed by atoms with E-state index in [1.54, 1.807) is 0 Å². The number of rotatable bonds is 13. The minimum absolute atomic E-state index is 0.149. The molecule has 192 valence electrons. The van der Waals surface area contributed by atoms with Crippen LogP contribution in [0.1, 0.15) is 92.1 Å². The lowest BCUT2D eigenvalue weighted by Gasteiger charge is -2.37. The van der Waals surface area contributed by atoms with E-state index in [0.717, 1.165) is 63.7 Å². The molecule has 0 atom stereocenters. The maximum atomic E-state index is 13.4. The van der Waals surface area contributed by atoms with E-state index in [1.165, 1.54) is 30.4 Å². The van der Waals surface area contributed by atoms with Gasteiger partial charge in [0.15, 0.2) is 0 Å². The summed E-state index contributed by atoms with van der Waals surface area (Å²) in [6.07, 6.45) is 9.86. The number of unbranched alkanes of at least 4 members (excludes halogenated alkanes) is 3. The molecule has 3 rings (SSSR count). The van der Waals surface area contributed by atoms with Crippen molar-refractivity contribution in [2.75, 3.05) is 26.7 Å². The third kappa shape index (κ3) is 8.63. The topological polar surface area (TPSA) is 43.8 Å². The van der Waals surface area contributed by atoms with Crippen molar-refractivity contribution in [2.24, 2.45) is 0 Å². The summed E-state index contributed by atoms with van der Waals surface area (Å²) in [7, 11) is 2.10. The molecule has 2 aromatic rings. The van der Waals surface area contributed by atoms with Crippen molar-refractivity contribution in [1.29, 1.82) is 0 Å². The number of aliphatic hydroxyl groups excluding tert-OH is 1.